The summed E-state index contributed by atoms with van der Waals surface area (Å²) in [5.74, 6) is 0.257. The number of nitriles is 1. The number of rotatable bonds is 5. The van der Waals surface area contributed by atoms with Gasteiger partial charge < -0.3 is 9.73 Å². The number of benzene rings is 1. The first kappa shape index (κ1) is 17.9. The van der Waals surface area contributed by atoms with Crippen molar-refractivity contribution in [1.29, 1.82) is 5.26 Å². The maximum atomic E-state index is 11.9. The highest BCUT2D eigenvalue weighted by Crippen LogP contribution is 2.29. The van der Waals surface area contributed by atoms with Gasteiger partial charge in [-0.3, -0.25) is 14.9 Å². The van der Waals surface area contributed by atoms with Crippen LogP contribution in [0.15, 0.2) is 40.3 Å². The van der Waals surface area contributed by atoms with Crippen molar-refractivity contribution in [2.45, 2.75) is 26.8 Å². The van der Waals surface area contributed by atoms with Gasteiger partial charge in [-0.2, -0.15) is 5.26 Å². The molecule has 0 radical (unpaired) electrons. The molecule has 0 saturated heterocycles. The van der Waals surface area contributed by atoms with E-state index in [0.717, 1.165) is 5.56 Å². The van der Waals surface area contributed by atoms with Crippen molar-refractivity contribution in [3.8, 4) is 17.4 Å². The van der Waals surface area contributed by atoms with Crippen LogP contribution in [0.4, 0.5) is 5.69 Å². The van der Waals surface area contributed by atoms with E-state index < -0.39 is 10.8 Å². The minimum absolute atomic E-state index is 0.0388. The summed E-state index contributed by atoms with van der Waals surface area (Å²) in [5, 5.41) is 22.7. The van der Waals surface area contributed by atoms with Crippen molar-refractivity contribution >= 4 is 17.7 Å². The third-order valence-corrected chi connectivity index (χ3v) is 3.40. The van der Waals surface area contributed by atoms with Crippen LogP contribution in [0.25, 0.3) is 17.4 Å². The SMILES string of the molecule is Cc1ccc([N+](=O)[O-])cc1-c1ccc(/C=C(/C#N)C(=O)NC(C)C)o1. The third kappa shape index (κ3) is 4.32. The van der Waals surface area contributed by atoms with Crippen molar-refractivity contribution in [2.24, 2.45) is 0 Å². The standard InChI is InChI=1S/C18H17N3O4/c1-11(2)20-18(22)13(10-19)8-15-6-7-17(25-15)16-9-14(21(23)24)5-4-12(16)3/h4-9,11H,1-3H3,(H,20,22)/b13-8-. The van der Waals surface area contributed by atoms with Gasteiger partial charge in [0, 0.05) is 29.8 Å². The first-order valence-corrected chi connectivity index (χ1v) is 7.59. The van der Waals surface area contributed by atoms with E-state index in [9.17, 15) is 14.9 Å². The average Bonchev–Trinajstić information content (AvgIpc) is 3.00. The summed E-state index contributed by atoms with van der Waals surface area (Å²) in [6, 6.07) is 9.49. The van der Waals surface area contributed by atoms with Crippen LogP contribution in [0.5, 0.6) is 0 Å². The van der Waals surface area contributed by atoms with Gasteiger partial charge in [0.05, 0.1) is 4.92 Å². The lowest BCUT2D eigenvalue weighted by atomic mass is 10.1. The summed E-state index contributed by atoms with van der Waals surface area (Å²) < 4.78 is 5.64. The predicted molar refractivity (Wildman–Crippen MR) is 92.4 cm³/mol. The Balaban J connectivity index is 2.36. The summed E-state index contributed by atoms with van der Waals surface area (Å²) in [5.41, 5.74) is 1.28. The second kappa shape index (κ2) is 7.45. The molecule has 1 amide bonds. The van der Waals surface area contributed by atoms with Crippen LogP contribution in [-0.4, -0.2) is 16.9 Å². The van der Waals surface area contributed by atoms with Gasteiger partial charge in [0.2, 0.25) is 0 Å². The average molecular weight is 339 g/mol. The van der Waals surface area contributed by atoms with Gasteiger partial charge in [-0.15, -0.1) is 0 Å². The molecule has 1 heterocycles. The summed E-state index contributed by atoms with van der Waals surface area (Å²) in [4.78, 5) is 22.4. The van der Waals surface area contributed by atoms with Crippen LogP contribution in [0, 0.1) is 28.4 Å². The number of hydrogen-bond acceptors (Lipinski definition) is 5. The number of nitrogens with zero attached hydrogens (tertiary/aromatic N) is 2. The van der Waals surface area contributed by atoms with Crippen molar-refractivity contribution in [1.82, 2.24) is 5.32 Å². The topological polar surface area (TPSA) is 109 Å². The Labute approximate surface area is 144 Å². The van der Waals surface area contributed by atoms with Crippen LogP contribution >= 0.6 is 0 Å². The van der Waals surface area contributed by atoms with Gasteiger partial charge in [-0.05, 0) is 38.5 Å². The highest BCUT2D eigenvalue weighted by molar-refractivity contribution is 6.01. The first-order chi connectivity index (χ1) is 11.8. The third-order valence-electron chi connectivity index (χ3n) is 3.40. The molecule has 1 aromatic carbocycles. The molecule has 7 heteroatoms. The Kier molecular flexibility index (Phi) is 5.35. The van der Waals surface area contributed by atoms with Crippen LogP contribution in [-0.2, 0) is 4.79 Å². The molecular weight excluding hydrogens is 322 g/mol. The maximum Gasteiger partial charge on any atom is 0.270 e. The molecule has 0 spiro atoms. The number of hydrogen-bond donors (Lipinski definition) is 1. The van der Waals surface area contributed by atoms with Crippen molar-refractivity contribution in [2.75, 3.05) is 0 Å². The lowest BCUT2D eigenvalue weighted by Crippen LogP contribution is -2.30. The Morgan fingerprint density at radius 1 is 1.36 bits per heavy atom. The number of aryl methyl sites for hydroxylation is 1. The van der Waals surface area contributed by atoms with Crippen LogP contribution in [0.3, 0.4) is 0 Å². The molecule has 0 fully saturated rings. The number of carbonyl (C=O) groups is 1. The molecule has 1 N–H and O–H groups in total. The van der Waals surface area contributed by atoms with Crippen molar-refractivity contribution in [3.05, 3.63) is 57.3 Å². The molecule has 1 aromatic heterocycles. The zero-order valence-corrected chi connectivity index (χ0v) is 14.1. The Hall–Kier alpha value is -3.40. The molecule has 0 aliphatic carbocycles. The highest BCUT2D eigenvalue weighted by Gasteiger charge is 2.14. The number of nitrogens with one attached hydrogen (secondary N) is 1. The Morgan fingerprint density at radius 2 is 2.08 bits per heavy atom. The molecule has 2 rings (SSSR count). The van der Waals surface area contributed by atoms with E-state index in [1.165, 1.54) is 18.2 Å². The fraction of sp³-hybridized carbons (Fsp3) is 0.222. The van der Waals surface area contributed by atoms with Gasteiger partial charge >= 0.3 is 0 Å². The number of nitro benzene ring substituents is 1. The van der Waals surface area contributed by atoms with Gasteiger partial charge in [0.25, 0.3) is 11.6 Å². The van der Waals surface area contributed by atoms with Crippen LogP contribution < -0.4 is 5.32 Å². The highest BCUT2D eigenvalue weighted by atomic mass is 16.6. The minimum Gasteiger partial charge on any atom is -0.457 e. The second-order valence-corrected chi connectivity index (χ2v) is 5.76. The van der Waals surface area contributed by atoms with Gasteiger partial charge in [-0.1, -0.05) is 6.07 Å². The van der Waals surface area contributed by atoms with Gasteiger partial charge in [-0.25, -0.2) is 0 Å². The zero-order valence-electron chi connectivity index (χ0n) is 14.1. The second-order valence-electron chi connectivity index (χ2n) is 5.76. The largest absolute Gasteiger partial charge is 0.457 e. The Bertz CT molecular complexity index is 888. The lowest BCUT2D eigenvalue weighted by molar-refractivity contribution is -0.384. The zero-order chi connectivity index (χ0) is 18.6. The maximum absolute atomic E-state index is 11.9. The monoisotopic (exact) mass is 339 g/mol. The van der Waals surface area contributed by atoms with Crippen molar-refractivity contribution in [3.63, 3.8) is 0 Å². The van der Waals surface area contributed by atoms with E-state index >= 15 is 0 Å². The molecule has 0 saturated carbocycles. The summed E-state index contributed by atoms with van der Waals surface area (Å²) in [6.45, 7) is 5.40. The number of carbonyl (C=O) groups excluding carboxylic acids is 1. The van der Waals surface area contributed by atoms with Crippen molar-refractivity contribution < 1.29 is 14.1 Å². The fourth-order valence-corrected chi connectivity index (χ4v) is 2.19. The van der Waals surface area contributed by atoms with E-state index in [4.69, 9.17) is 9.68 Å². The quantitative estimate of drug-likeness (QED) is 0.387. The lowest BCUT2D eigenvalue weighted by Gasteiger charge is -2.06. The van der Waals surface area contributed by atoms with E-state index in [-0.39, 0.29) is 17.3 Å². The molecule has 0 atom stereocenters. The molecule has 25 heavy (non-hydrogen) atoms. The number of non-ortho nitro benzene ring substituents is 1. The normalized spacial score (nSPS) is 11.2. The van der Waals surface area contributed by atoms with Gasteiger partial charge in [0.15, 0.2) is 0 Å². The number of amides is 1. The van der Waals surface area contributed by atoms with E-state index in [1.807, 2.05) is 13.0 Å². The molecule has 0 aliphatic rings. The molecule has 128 valence electrons. The van der Waals surface area contributed by atoms with E-state index in [2.05, 4.69) is 5.32 Å². The van der Waals surface area contributed by atoms with Gasteiger partial charge in [0.1, 0.15) is 23.2 Å². The predicted octanol–water partition coefficient (Wildman–Crippen LogP) is 3.59. The molecule has 2 aromatic rings. The number of nitro groups is 1. The summed E-state index contributed by atoms with van der Waals surface area (Å²) in [6.07, 6.45) is 1.34. The molecule has 0 aliphatic heterocycles. The number of furan rings is 1. The van der Waals surface area contributed by atoms with Crippen LogP contribution in [0.1, 0.15) is 25.2 Å². The summed E-state index contributed by atoms with van der Waals surface area (Å²) in [7, 11) is 0. The molecular formula is C18H17N3O4. The first-order valence-electron chi connectivity index (χ1n) is 7.59. The fourth-order valence-electron chi connectivity index (χ4n) is 2.19. The van der Waals surface area contributed by atoms with Crippen LogP contribution in [0.2, 0.25) is 0 Å². The minimum atomic E-state index is -0.484. The molecule has 7 nitrogen and oxygen atoms in total. The van der Waals surface area contributed by atoms with E-state index in [1.54, 1.807) is 32.0 Å². The summed E-state index contributed by atoms with van der Waals surface area (Å²) >= 11 is 0. The molecule has 0 bridgehead atoms. The van der Waals surface area contributed by atoms with E-state index in [0.29, 0.717) is 17.1 Å². The molecule has 0 unspecified atom stereocenters. The Morgan fingerprint density at radius 3 is 2.68 bits per heavy atom. The smallest absolute Gasteiger partial charge is 0.270 e.